The highest BCUT2D eigenvalue weighted by Crippen LogP contribution is 2.38. The molecule has 0 heterocycles. The Hall–Kier alpha value is -1.30. The molecule has 1 aliphatic carbocycles. The SMILES string of the molecule is CCCN(CCO)C(=O)NCC1(CC(=O)O)CCCCC1. The number of carbonyl (C=O) groups excluding carboxylic acids is 1. The number of urea groups is 1. The lowest BCUT2D eigenvalue weighted by Gasteiger charge is -2.37. The van der Waals surface area contributed by atoms with E-state index in [4.69, 9.17) is 10.2 Å². The van der Waals surface area contributed by atoms with Crippen molar-refractivity contribution in [1.29, 1.82) is 0 Å². The summed E-state index contributed by atoms with van der Waals surface area (Å²) in [5.41, 5.74) is -0.309. The summed E-state index contributed by atoms with van der Waals surface area (Å²) in [6, 6.07) is -0.207. The molecule has 3 N–H and O–H groups in total. The third kappa shape index (κ3) is 5.91. The number of aliphatic carboxylic acids is 1. The molecule has 6 nitrogen and oxygen atoms in total. The Morgan fingerprint density at radius 3 is 2.38 bits per heavy atom. The molecule has 1 saturated carbocycles. The first kappa shape index (κ1) is 17.8. The predicted octanol–water partition coefficient (Wildman–Crippen LogP) is 1.83. The number of hydrogen-bond donors (Lipinski definition) is 3. The van der Waals surface area contributed by atoms with Gasteiger partial charge in [0.1, 0.15) is 0 Å². The molecule has 0 aromatic carbocycles. The van der Waals surface area contributed by atoms with Gasteiger partial charge in [-0.15, -0.1) is 0 Å². The Morgan fingerprint density at radius 2 is 1.86 bits per heavy atom. The Balaban J connectivity index is 2.58. The number of aliphatic hydroxyl groups excluding tert-OH is 1. The maximum absolute atomic E-state index is 12.2. The molecule has 2 amide bonds. The first-order chi connectivity index (χ1) is 10.0. The van der Waals surface area contributed by atoms with Crippen LogP contribution in [0.2, 0.25) is 0 Å². The van der Waals surface area contributed by atoms with Crippen LogP contribution in [0.4, 0.5) is 4.79 Å². The van der Waals surface area contributed by atoms with E-state index in [1.807, 2.05) is 6.92 Å². The molecule has 0 radical (unpaired) electrons. The van der Waals surface area contributed by atoms with Gasteiger partial charge >= 0.3 is 12.0 Å². The normalized spacial score (nSPS) is 17.2. The van der Waals surface area contributed by atoms with Gasteiger partial charge in [-0.3, -0.25) is 4.79 Å². The first-order valence-corrected chi connectivity index (χ1v) is 7.88. The molecule has 6 heteroatoms. The van der Waals surface area contributed by atoms with Crippen LogP contribution in [0.1, 0.15) is 51.9 Å². The molecule has 0 aromatic rings. The lowest BCUT2D eigenvalue weighted by molar-refractivity contribution is -0.140. The molecule has 0 spiro atoms. The van der Waals surface area contributed by atoms with Crippen LogP contribution in [0.15, 0.2) is 0 Å². The zero-order chi connectivity index (χ0) is 15.7. The summed E-state index contributed by atoms with van der Waals surface area (Å²) in [5.74, 6) is -0.799. The smallest absolute Gasteiger partial charge is 0.317 e. The van der Waals surface area contributed by atoms with Gasteiger partial charge in [0.05, 0.1) is 13.0 Å². The molecule has 0 bridgehead atoms. The number of carboxylic acid groups (broad SMARTS) is 1. The van der Waals surface area contributed by atoms with E-state index in [2.05, 4.69) is 5.32 Å². The summed E-state index contributed by atoms with van der Waals surface area (Å²) in [6.45, 7) is 3.23. The van der Waals surface area contributed by atoms with E-state index in [9.17, 15) is 9.59 Å². The largest absolute Gasteiger partial charge is 0.481 e. The second kappa shape index (κ2) is 8.87. The van der Waals surface area contributed by atoms with Gasteiger partial charge in [-0.1, -0.05) is 26.2 Å². The minimum Gasteiger partial charge on any atom is -0.481 e. The summed E-state index contributed by atoms with van der Waals surface area (Å²) in [5, 5.41) is 21.0. The topological polar surface area (TPSA) is 89.9 Å². The Labute approximate surface area is 126 Å². The summed E-state index contributed by atoms with van der Waals surface area (Å²) in [4.78, 5) is 24.8. The van der Waals surface area contributed by atoms with Crippen LogP contribution in [0.5, 0.6) is 0 Å². The summed E-state index contributed by atoms with van der Waals surface area (Å²) < 4.78 is 0. The van der Waals surface area contributed by atoms with Crippen molar-refractivity contribution in [2.75, 3.05) is 26.2 Å². The molecular formula is C15H28N2O4. The highest BCUT2D eigenvalue weighted by Gasteiger charge is 2.35. The standard InChI is InChI=1S/C15H28N2O4/c1-2-8-17(9-10-18)14(21)16-12-15(11-13(19)20)6-4-3-5-7-15/h18H,2-12H2,1H3,(H,16,21)(H,19,20). The summed E-state index contributed by atoms with van der Waals surface area (Å²) >= 11 is 0. The van der Waals surface area contributed by atoms with Crippen molar-refractivity contribution in [2.24, 2.45) is 5.41 Å². The van der Waals surface area contributed by atoms with Crippen LogP contribution in [0.3, 0.4) is 0 Å². The Bertz CT molecular complexity index is 335. The number of nitrogens with one attached hydrogen (secondary N) is 1. The predicted molar refractivity (Wildman–Crippen MR) is 80.1 cm³/mol. The van der Waals surface area contributed by atoms with Crippen LogP contribution >= 0.6 is 0 Å². The van der Waals surface area contributed by atoms with Crippen molar-refractivity contribution in [3.63, 3.8) is 0 Å². The number of hydrogen-bond acceptors (Lipinski definition) is 3. The molecule has 1 aliphatic rings. The van der Waals surface area contributed by atoms with Crippen molar-refractivity contribution in [1.82, 2.24) is 10.2 Å². The fourth-order valence-corrected chi connectivity index (χ4v) is 3.12. The maximum Gasteiger partial charge on any atom is 0.317 e. The van der Waals surface area contributed by atoms with E-state index in [1.54, 1.807) is 4.90 Å². The molecule has 0 aliphatic heterocycles. The highest BCUT2D eigenvalue weighted by molar-refractivity contribution is 5.74. The Morgan fingerprint density at radius 1 is 1.19 bits per heavy atom. The third-order valence-electron chi connectivity index (χ3n) is 4.21. The summed E-state index contributed by atoms with van der Waals surface area (Å²) in [7, 11) is 0. The number of carboxylic acids is 1. The van der Waals surface area contributed by atoms with Crippen molar-refractivity contribution in [3.8, 4) is 0 Å². The number of carbonyl (C=O) groups is 2. The molecule has 122 valence electrons. The van der Waals surface area contributed by atoms with Crippen LogP contribution in [0, 0.1) is 5.41 Å². The number of amides is 2. The zero-order valence-electron chi connectivity index (χ0n) is 12.9. The molecule has 0 aromatic heterocycles. The number of nitrogens with zero attached hydrogens (tertiary/aromatic N) is 1. The molecule has 1 rings (SSSR count). The third-order valence-corrected chi connectivity index (χ3v) is 4.21. The average molecular weight is 300 g/mol. The van der Waals surface area contributed by atoms with E-state index in [0.29, 0.717) is 19.6 Å². The minimum atomic E-state index is -0.799. The van der Waals surface area contributed by atoms with Crippen LogP contribution in [-0.2, 0) is 4.79 Å². The van der Waals surface area contributed by atoms with Crippen molar-refractivity contribution in [2.45, 2.75) is 51.9 Å². The quantitative estimate of drug-likeness (QED) is 0.638. The van der Waals surface area contributed by atoms with Crippen LogP contribution in [0.25, 0.3) is 0 Å². The number of rotatable bonds is 8. The first-order valence-electron chi connectivity index (χ1n) is 7.88. The fraction of sp³-hybridized carbons (Fsp3) is 0.867. The zero-order valence-corrected chi connectivity index (χ0v) is 12.9. The van der Waals surface area contributed by atoms with Crippen molar-refractivity contribution < 1.29 is 19.8 Å². The van der Waals surface area contributed by atoms with E-state index >= 15 is 0 Å². The van der Waals surface area contributed by atoms with Gasteiger partial charge in [-0.2, -0.15) is 0 Å². The second-order valence-corrected chi connectivity index (χ2v) is 6.00. The van der Waals surface area contributed by atoms with Gasteiger partial charge in [-0.25, -0.2) is 4.79 Å². The van der Waals surface area contributed by atoms with Gasteiger partial charge < -0.3 is 20.4 Å². The van der Waals surface area contributed by atoms with E-state index in [-0.39, 0.29) is 24.5 Å². The van der Waals surface area contributed by atoms with Crippen LogP contribution in [-0.4, -0.2) is 53.4 Å². The van der Waals surface area contributed by atoms with E-state index in [0.717, 1.165) is 38.5 Å². The second-order valence-electron chi connectivity index (χ2n) is 6.00. The monoisotopic (exact) mass is 300 g/mol. The van der Waals surface area contributed by atoms with Crippen LogP contribution < -0.4 is 5.32 Å². The highest BCUT2D eigenvalue weighted by atomic mass is 16.4. The number of aliphatic hydroxyl groups is 1. The molecular weight excluding hydrogens is 272 g/mol. The van der Waals surface area contributed by atoms with Crippen molar-refractivity contribution >= 4 is 12.0 Å². The molecule has 21 heavy (non-hydrogen) atoms. The van der Waals surface area contributed by atoms with Gasteiger partial charge in [0.15, 0.2) is 0 Å². The summed E-state index contributed by atoms with van der Waals surface area (Å²) in [6.07, 6.45) is 5.84. The molecule has 0 atom stereocenters. The van der Waals surface area contributed by atoms with Gasteiger partial charge in [0.2, 0.25) is 0 Å². The van der Waals surface area contributed by atoms with Gasteiger partial charge in [-0.05, 0) is 24.7 Å². The lowest BCUT2D eigenvalue weighted by Crippen LogP contribution is -2.47. The maximum atomic E-state index is 12.2. The van der Waals surface area contributed by atoms with E-state index < -0.39 is 5.97 Å². The van der Waals surface area contributed by atoms with Crippen molar-refractivity contribution in [3.05, 3.63) is 0 Å². The average Bonchev–Trinajstić information content (AvgIpc) is 2.45. The van der Waals surface area contributed by atoms with Gasteiger partial charge in [0, 0.05) is 19.6 Å². The fourth-order valence-electron chi connectivity index (χ4n) is 3.12. The Kier molecular flexibility index (Phi) is 7.50. The molecule has 0 unspecified atom stereocenters. The van der Waals surface area contributed by atoms with E-state index in [1.165, 1.54) is 0 Å². The molecule has 0 saturated heterocycles. The van der Waals surface area contributed by atoms with Gasteiger partial charge in [0.25, 0.3) is 0 Å². The minimum absolute atomic E-state index is 0.0618. The molecule has 1 fully saturated rings. The lowest BCUT2D eigenvalue weighted by atomic mass is 9.72.